The molecule has 4 heterocycles. The lowest BCUT2D eigenvalue weighted by Gasteiger charge is -2.47. The fourth-order valence-electron chi connectivity index (χ4n) is 13.7. The summed E-state index contributed by atoms with van der Waals surface area (Å²) >= 11 is 0. The molecule has 4 aliphatic heterocycles. The summed E-state index contributed by atoms with van der Waals surface area (Å²) in [5.41, 5.74) is 21.1. The van der Waals surface area contributed by atoms with Gasteiger partial charge in [0.15, 0.2) is 0 Å². The molecule has 0 atom stereocenters. The normalized spacial score (nSPS) is 13.2. The molecule has 0 saturated heterocycles. The van der Waals surface area contributed by atoms with Crippen LogP contribution in [0.4, 0.5) is 68.2 Å². The van der Waals surface area contributed by atoms with Gasteiger partial charge in [-0.25, -0.2) is 0 Å². The van der Waals surface area contributed by atoms with E-state index in [1.54, 1.807) is 0 Å². The van der Waals surface area contributed by atoms with Gasteiger partial charge in [-0.3, -0.25) is 0 Å². The second kappa shape index (κ2) is 18.4. The van der Waals surface area contributed by atoms with Gasteiger partial charge in [0.05, 0.1) is 11.4 Å². The number of hydrogen-bond acceptors (Lipinski definition) is 6. The minimum absolute atomic E-state index is 0.142. The maximum Gasteiger partial charge on any atom is 0.252 e. The fourth-order valence-corrected chi connectivity index (χ4v) is 13.7. The van der Waals surface area contributed by atoms with Crippen molar-refractivity contribution < 1.29 is 9.47 Å². The predicted molar refractivity (Wildman–Crippen MR) is 343 cm³/mol. The maximum atomic E-state index is 6.63. The highest BCUT2D eigenvalue weighted by Crippen LogP contribution is 2.52. The molecular formula is C74H48B2N4O2. The Balaban J connectivity index is 0.988. The topological polar surface area (TPSA) is 31.4 Å². The van der Waals surface area contributed by atoms with Crippen LogP contribution in [0.1, 0.15) is 0 Å². The highest BCUT2D eigenvalue weighted by Gasteiger charge is 2.49. The lowest BCUT2D eigenvalue weighted by atomic mass is 9.30. The summed E-state index contributed by atoms with van der Waals surface area (Å²) in [6, 6.07) is 105. The van der Waals surface area contributed by atoms with Crippen molar-refractivity contribution in [2.45, 2.75) is 0 Å². The molecule has 0 bridgehead atoms. The molecule has 0 radical (unpaired) electrons. The number of anilines is 12. The van der Waals surface area contributed by atoms with E-state index in [4.69, 9.17) is 9.47 Å². The molecule has 0 aliphatic carbocycles. The summed E-state index contributed by atoms with van der Waals surface area (Å²) in [7, 11) is 0. The molecule has 0 saturated carbocycles. The van der Waals surface area contributed by atoms with E-state index in [2.05, 4.69) is 250 Å². The van der Waals surface area contributed by atoms with Crippen LogP contribution in [-0.4, -0.2) is 13.4 Å². The minimum Gasteiger partial charge on any atom is -0.457 e. The summed E-state index contributed by atoms with van der Waals surface area (Å²) < 4.78 is 13.3. The Morgan fingerprint density at radius 2 is 0.573 bits per heavy atom. The van der Waals surface area contributed by atoms with E-state index in [0.717, 1.165) is 113 Å². The molecule has 0 spiro atoms. The number of nitrogens with zero attached hydrogens (tertiary/aromatic N) is 4. The van der Waals surface area contributed by atoms with E-state index in [0.29, 0.717) is 0 Å². The Labute approximate surface area is 476 Å². The van der Waals surface area contributed by atoms with E-state index in [1.165, 1.54) is 32.8 Å². The molecule has 0 unspecified atom stereocenters. The Hall–Kier alpha value is -10.7. The number of para-hydroxylation sites is 8. The maximum absolute atomic E-state index is 6.63. The van der Waals surface area contributed by atoms with E-state index >= 15 is 0 Å². The summed E-state index contributed by atoms with van der Waals surface area (Å²) in [5.74, 6) is 3.15. The molecule has 0 aromatic heterocycles. The SMILES string of the molecule is c1ccc(Oc2ccc3c4c5c(cc3c2)N(c2ccccc2)c2ccccc2B5c2cc3c(cc2N4c2ccccc2)N(c2ccccc2)c2c4c(cc5cc(Oc6ccccc6)ccc25)N(c2ccccc2)c2ccccc2B34)cc1. The standard InChI is InChI=1S/C74H48B2N4O2/c1-7-23-51(24-8-1)77-65-37-21-19-35-61(65)75-63-47-64-68(48-67(63)79(53-27-11-3-12-28-53)73-59-41-39-57(81-55-31-15-5-16-32-55)43-49(59)45-69(77)71(73)75)80(54-29-13-4-14-30-54)74-60-42-40-58(82-56-33-17-6-18-34-56)44-50(60)46-70-72(74)76(64)62-36-20-22-38-66(62)78(70)52-25-9-2-10-26-52/h1-48H. The molecule has 4 aliphatic rings. The van der Waals surface area contributed by atoms with Crippen LogP contribution in [0, 0.1) is 0 Å². The molecule has 0 amide bonds. The molecule has 13 aromatic rings. The zero-order chi connectivity index (χ0) is 53.8. The Kier molecular flexibility index (Phi) is 10.4. The monoisotopic (exact) mass is 1050 g/mol. The molecule has 13 aromatic carbocycles. The number of rotatable bonds is 8. The number of benzene rings is 13. The lowest BCUT2D eigenvalue weighted by molar-refractivity contribution is 0.483. The second-order valence-electron chi connectivity index (χ2n) is 21.5. The van der Waals surface area contributed by atoms with Crippen molar-refractivity contribution in [2.75, 3.05) is 19.6 Å². The zero-order valence-corrected chi connectivity index (χ0v) is 44.5. The Morgan fingerprint density at radius 1 is 0.232 bits per heavy atom. The van der Waals surface area contributed by atoms with Crippen molar-refractivity contribution in [3.8, 4) is 23.0 Å². The summed E-state index contributed by atoms with van der Waals surface area (Å²) in [5, 5.41) is 4.44. The van der Waals surface area contributed by atoms with Gasteiger partial charge in [0.2, 0.25) is 0 Å². The van der Waals surface area contributed by atoms with E-state index in [1.807, 2.05) is 60.7 Å². The third-order valence-corrected chi connectivity index (χ3v) is 17.0. The third kappa shape index (κ3) is 7.11. The zero-order valence-electron chi connectivity index (χ0n) is 44.5. The third-order valence-electron chi connectivity index (χ3n) is 17.0. The van der Waals surface area contributed by atoms with Crippen LogP contribution in [0.15, 0.2) is 291 Å². The first-order chi connectivity index (χ1) is 40.7. The van der Waals surface area contributed by atoms with Crippen LogP contribution in [0.2, 0.25) is 0 Å². The van der Waals surface area contributed by atoms with Gasteiger partial charge < -0.3 is 29.1 Å². The van der Waals surface area contributed by atoms with Crippen LogP contribution in [0.5, 0.6) is 23.0 Å². The highest BCUT2D eigenvalue weighted by atomic mass is 16.5. The molecular weight excluding hydrogens is 998 g/mol. The van der Waals surface area contributed by atoms with Crippen molar-refractivity contribution in [3.63, 3.8) is 0 Å². The molecule has 6 nitrogen and oxygen atoms in total. The van der Waals surface area contributed by atoms with E-state index in [-0.39, 0.29) is 13.4 Å². The summed E-state index contributed by atoms with van der Waals surface area (Å²) in [6.45, 7) is -0.284. The number of ether oxygens (including phenoxy) is 2. The average Bonchev–Trinajstić information content (AvgIpc) is 1.32. The van der Waals surface area contributed by atoms with Gasteiger partial charge in [0, 0.05) is 67.6 Å². The Morgan fingerprint density at radius 3 is 0.963 bits per heavy atom. The lowest BCUT2D eigenvalue weighted by Crippen LogP contribution is -2.65. The van der Waals surface area contributed by atoms with Crippen LogP contribution in [0.3, 0.4) is 0 Å². The minimum atomic E-state index is -0.142. The van der Waals surface area contributed by atoms with Crippen molar-refractivity contribution in [2.24, 2.45) is 0 Å². The molecule has 0 N–H and O–H groups in total. The van der Waals surface area contributed by atoms with Crippen LogP contribution in [-0.2, 0) is 0 Å². The molecule has 82 heavy (non-hydrogen) atoms. The van der Waals surface area contributed by atoms with Gasteiger partial charge in [0.25, 0.3) is 13.4 Å². The molecule has 382 valence electrons. The predicted octanol–water partition coefficient (Wildman–Crippen LogP) is 15.7. The van der Waals surface area contributed by atoms with Gasteiger partial charge in [-0.15, -0.1) is 0 Å². The Bertz CT molecular complexity index is 4370. The first kappa shape index (κ1) is 46.2. The largest absolute Gasteiger partial charge is 0.457 e. The summed E-state index contributed by atoms with van der Waals surface area (Å²) in [4.78, 5) is 10.1. The van der Waals surface area contributed by atoms with E-state index in [9.17, 15) is 0 Å². The van der Waals surface area contributed by atoms with Gasteiger partial charge in [-0.1, -0.05) is 152 Å². The first-order valence-corrected chi connectivity index (χ1v) is 28.1. The van der Waals surface area contributed by atoms with Crippen molar-refractivity contribution in [3.05, 3.63) is 291 Å². The molecule has 8 heteroatoms. The second-order valence-corrected chi connectivity index (χ2v) is 21.5. The quantitative estimate of drug-likeness (QED) is 0.141. The van der Waals surface area contributed by atoms with Crippen molar-refractivity contribution >= 4 is 136 Å². The van der Waals surface area contributed by atoms with Crippen molar-refractivity contribution in [1.29, 1.82) is 0 Å². The van der Waals surface area contributed by atoms with Gasteiger partial charge in [-0.2, -0.15) is 0 Å². The van der Waals surface area contributed by atoms with Crippen LogP contribution in [0.25, 0.3) is 21.5 Å². The average molecular weight is 1050 g/mol. The van der Waals surface area contributed by atoms with Gasteiger partial charge >= 0.3 is 0 Å². The van der Waals surface area contributed by atoms with Crippen molar-refractivity contribution in [1.82, 2.24) is 0 Å². The van der Waals surface area contributed by atoms with Gasteiger partial charge in [0.1, 0.15) is 23.0 Å². The summed E-state index contributed by atoms with van der Waals surface area (Å²) in [6.07, 6.45) is 0. The van der Waals surface area contributed by atoms with Gasteiger partial charge in [-0.05, 0) is 183 Å². The van der Waals surface area contributed by atoms with Crippen LogP contribution < -0.4 is 61.9 Å². The number of fused-ring (bicyclic) bond motifs is 12. The highest BCUT2D eigenvalue weighted by molar-refractivity contribution is 7.03. The van der Waals surface area contributed by atoms with Crippen LogP contribution >= 0.6 is 0 Å². The fraction of sp³-hybridized carbons (Fsp3) is 0. The number of hydrogen-bond donors (Lipinski definition) is 0. The first-order valence-electron chi connectivity index (χ1n) is 28.1. The molecule has 17 rings (SSSR count). The molecule has 0 fully saturated rings. The smallest absolute Gasteiger partial charge is 0.252 e. The van der Waals surface area contributed by atoms with E-state index < -0.39 is 0 Å².